The third-order valence-corrected chi connectivity index (χ3v) is 7.37. The highest BCUT2D eigenvalue weighted by Gasteiger charge is 2.24. The molecule has 0 unspecified atom stereocenters. The fourth-order valence-electron chi connectivity index (χ4n) is 2.05. The van der Waals surface area contributed by atoms with Gasteiger partial charge in [-0.25, -0.2) is 0 Å². The molecule has 132 valence electrons. The topological polar surface area (TPSA) is 49.4 Å². The zero-order chi connectivity index (χ0) is 18.3. The van der Waals surface area contributed by atoms with Crippen molar-refractivity contribution in [2.24, 2.45) is 0 Å². The van der Waals surface area contributed by atoms with E-state index in [9.17, 15) is 9.59 Å². The van der Waals surface area contributed by atoms with Crippen molar-refractivity contribution in [3.63, 3.8) is 0 Å². The Kier molecular flexibility index (Phi) is 7.62. The van der Waals surface area contributed by atoms with Crippen LogP contribution in [0.25, 0.3) is 0 Å². The maximum atomic E-state index is 11.9. The zero-order valence-corrected chi connectivity index (χ0v) is 16.5. The first kappa shape index (κ1) is 20.4. The molecule has 0 saturated carbocycles. The number of nitrogens with zero attached hydrogens (tertiary/aromatic N) is 1. The number of rotatable bonds is 8. The van der Waals surface area contributed by atoms with E-state index in [1.165, 1.54) is 6.16 Å². The molecule has 0 aliphatic heterocycles. The van der Waals surface area contributed by atoms with Crippen molar-refractivity contribution in [3.8, 4) is 0 Å². The molecule has 1 aromatic carbocycles. The van der Waals surface area contributed by atoms with Gasteiger partial charge >= 0.3 is 0 Å². The Balaban J connectivity index is 2.69. The second-order valence-electron chi connectivity index (χ2n) is 6.85. The summed E-state index contributed by atoms with van der Waals surface area (Å²) in [4.78, 5) is 25.4. The zero-order valence-electron chi connectivity index (χ0n) is 15.6. The van der Waals surface area contributed by atoms with E-state index in [2.05, 4.69) is 32.1 Å². The van der Waals surface area contributed by atoms with Crippen LogP contribution in [0.1, 0.15) is 26.3 Å². The summed E-state index contributed by atoms with van der Waals surface area (Å²) in [7, 11) is -0.905. The number of hydrogen-bond acceptors (Lipinski definition) is 2. The molecule has 5 heteroatoms. The Bertz CT molecular complexity index is 594. The molecule has 24 heavy (non-hydrogen) atoms. The van der Waals surface area contributed by atoms with Crippen molar-refractivity contribution >= 4 is 24.8 Å². The van der Waals surface area contributed by atoms with Gasteiger partial charge in [0.05, 0.1) is 18.9 Å². The predicted octanol–water partition coefficient (Wildman–Crippen LogP) is 3.85. The van der Waals surface area contributed by atoms with Crippen LogP contribution in [0.5, 0.6) is 0 Å². The van der Waals surface area contributed by atoms with Crippen LogP contribution in [0.4, 0.5) is 5.69 Å². The molecule has 0 heterocycles. The Hall–Kier alpha value is -1.67. The van der Waals surface area contributed by atoms with Crippen LogP contribution >= 0.6 is 7.26 Å². The average Bonchev–Trinajstić information content (AvgIpc) is 2.52. The van der Waals surface area contributed by atoms with Crippen LogP contribution in [-0.4, -0.2) is 48.9 Å². The lowest BCUT2D eigenvalue weighted by atomic mass is 10.2. The van der Waals surface area contributed by atoms with Gasteiger partial charge in [-0.3, -0.25) is 9.59 Å². The standard InChI is InChI=1S/C19H29N2O2P/c1-7-24(5,6)13-12-21(16(4)22)14-17-8-10-18(11-9-17)20-19(23)15(2)3/h8-11H,2,7,12-14H2,1,3-6H3/p+1. The Morgan fingerprint density at radius 1 is 1.17 bits per heavy atom. The summed E-state index contributed by atoms with van der Waals surface area (Å²) >= 11 is 0. The van der Waals surface area contributed by atoms with E-state index in [1.54, 1.807) is 13.8 Å². The van der Waals surface area contributed by atoms with E-state index in [0.29, 0.717) is 12.1 Å². The molecule has 0 saturated heterocycles. The van der Waals surface area contributed by atoms with Gasteiger partial charge in [-0.15, -0.1) is 0 Å². The van der Waals surface area contributed by atoms with Gasteiger partial charge in [0.15, 0.2) is 0 Å². The molecule has 0 aliphatic rings. The number of amides is 2. The van der Waals surface area contributed by atoms with Crippen LogP contribution in [0.3, 0.4) is 0 Å². The highest BCUT2D eigenvalue weighted by molar-refractivity contribution is 7.74. The van der Waals surface area contributed by atoms with Crippen LogP contribution in [0.2, 0.25) is 0 Å². The van der Waals surface area contributed by atoms with Gasteiger partial charge < -0.3 is 10.2 Å². The number of nitrogens with one attached hydrogen (secondary N) is 1. The lowest BCUT2D eigenvalue weighted by Gasteiger charge is -2.24. The van der Waals surface area contributed by atoms with E-state index in [0.717, 1.165) is 24.0 Å². The molecule has 0 aliphatic carbocycles. The molecule has 0 atom stereocenters. The molecule has 4 nitrogen and oxygen atoms in total. The maximum Gasteiger partial charge on any atom is 0.250 e. The fraction of sp³-hybridized carbons (Fsp3) is 0.474. The molecule has 1 aromatic rings. The minimum absolute atomic E-state index is 0.103. The molecule has 2 amide bonds. The molecule has 0 bridgehead atoms. The largest absolute Gasteiger partial charge is 0.335 e. The first-order valence-electron chi connectivity index (χ1n) is 8.28. The summed E-state index contributed by atoms with van der Waals surface area (Å²) in [5, 5.41) is 2.78. The molecule has 0 aromatic heterocycles. The van der Waals surface area contributed by atoms with E-state index in [-0.39, 0.29) is 11.8 Å². The Morgan fingerprint density at radius 3 is 2.21 bits per heavy atom. The van der Waals surface area contributed by atoms with E-state index < -0.39 is 7.26 Å². The molecular weight excluding hydrogens is 319 g/mol. The summed E-state index contributed by atoms with van der Waals surface area (Å²) in [5.41, 5.74) is 2.27. The van der Waals surface area contributed by atoms with Crippen LogP contribution in [0, 0.1) is 0 Å². The first-order chi connectivity index (χ1) is 11.1. The van der Waals surface area contributed by atoms with Crippen LogP contribution in [-0.2, 0) is 16.1 Å². The highest BCUT2D eigenvalue weighted by Crippen LogP contribution is 2.50. The summed E-state index contributed by atoms with van der Waals surface area (Å²) in [5.74, 6) is -0.0790. The van der Waals surface area contributed by atoms with Gasteiger partial charge in [0.2, 0.25) is 5.91 Å². The van der Waals surface area contributed by atoms with E-state index >= 15 is 0 Å². The second-order valence-corrected chi connectivity index (χ2v) is 11.8. The SMILES string of the molecule is C=C(C)C(=O)Nc1ccc(CN(CC[P+](C)(C)CC)C(C)=O)cc1. The van der Waals surface area contributed by atoms with Crippen molar-refractivity contribution in [2.75, 3.05) is 37.5 Å². The highest BCUT2D eigenvalue weighted by atomic mass is 31.2. The monoisotopic (exact) mass is 349 g/mol. The fourth-order valence-corrected chi connectivity index (χ4v) is 3.15. The average molecular weight is 349 g/mol. The van der Waals surface area contributed by atoms with Crippen molar-refractivity contribution in [1.82, 2.24) is 4.90 Å². The maximum absolute atomic E-state index is 11.9. The smallest absolute Gasteiger partial charge is 0.250 e. The lowest BCUT2D eigenvalue weighted by molar-refractivity contribution is -0.129. The quantitative estimate of drug-likeness (QED) is 0.572. The molecule has 1 rings (SSSR count). The van der Waals surface area contributed by atoms with Gasteiger partial charge in [-0.05, 0) is 31.5 Å². The summed E-state index contributed by atoms with van der Waals surface area (Å²) in [6, 6.07) is 7.61. The number of benzene rings is 1. The van der Waals surface area contributed by atoms with Crippen LogP contribution in [0.15, 0.2) is 36.4 Å². The van der Waals surface area contributed by atoms with Crippen molar-refractivity contribution in [1.29, 1.82) is 0 Å². The number of anilines is 1. The van der Waals surface area contributed by atoms with Gasteiger partial charge in [-0.2, -0.15) is 0 Å². The Labute approximate surface area is 146 Å². The third-order valence-electron chi connectivity index (χ3n) is 4.25. The second kappa shape index (κ2) is 8.98. The minimum atomic E-state index is -0.905. The summed E-state index contributed by atoms with van der Waals surface area (Å²) in [6.45, 7) is 15.2. The molecule has 0 fully saturated rings. The molecule has 0 spiro atoms. The minimum Gasteiger partial charge on any atom is -0.335 e. The van der Waals surface area contributed by atoms with Crippen LogP contribution < -0.4 is 5.32 Å². The molecule has 1 N–H and O–H groups in total. The lowest BCUT2D eigenvalue weighted by Crippen LogP contribution is -2.31. The molecule has 0 radical (unpaired) electrons. The van der Waals surface area contributed by atoms with Gasteiger partial charge in [-0.1, -0.05) is 18.7 Å². The summed E-state index contributed by atoms with van der Waals surface area (Å²) < 4.78 is 0. The van der Waals surface area contributed by atoms with Gasteiger partial charge in [0.1, 0.15) is 0 Å². The van der Waals surface area contributed by atoms with Gasteiger partial charge in [0, 0.05) is 45.3 Å². The normalized spacial score (nSPS) is 11.0. The molecular formula is C19H30N2O2P+. The van der Waals surface area contributed by atoms with E-state index in [1.807, 2.05) is 29.2 Å². The number of carbonyl (C=O) groups is 2. The number of hydrogen-bond donors (Lipinski definition) is 1. The Morgan fingerprint density at radius 2 is 1.75 bits per heavy atom. The van der Waals surface area contributed by atoms with Crippen molar-refractivity contribution in [3.05, 3.63) is 42.0 Å². The summed E-state index contributed by atoms with van der Waals surface area (Å²) in [6.07, 6.45) is 2.30. The van der Waals surface area contributed by atoms with E-state index in [4.69, 9.17) is 0 Å². The van der Waals surface area contributed by atoms with Crippen molar-refractivity contribution < 1.29 is 9.59 Å². The predicted molar refractivity (Wildman–Crippen MR) is 105 cm³/mol. The number of carbonyl (C=O) groups excluding carboxylic acids is 2. The van der Waals surface area contributed by atoms with Crippen molar-refractivity contribution in [2.45, 2.75) is 27.3 Å². The first-order valence-corrected chi connectivity index (χ1v) is 11.3. The third kappa shape index (κ3) is 6.84. The van der Waals surface area contributed by atoms with Gasteiger partial charge in [0.25, 0.3) is 5.91 Å².